The summed E-state index contributed by atoms with van der Waals surface area (Å²) >= 11 is 0. The Morgan fingerprint density at radius 3 is 2.82 bits per heavy atom. The van der Waals surface area contributed by atoms with Gasteiger partial charge in [0.15, 0.2) is 11.2 Å². The van der Waals surface area contributed by atoms with E-state index in [4.69, 9.17) is 10.2 Å². The van der Waals surface area contributed by atoms with Crippen LogP contribution >= 0.6 is 0 Å². The van der Waals surface area contributed by atoms with Gasteiger partial charge in [-0.1, -0.05) is 12.1 Å². The van der Waals surface area contributed by atoms with E-state index in [0.29, 0.717) is 40.1 Å². The summed E-state index contributed by atoms with van der Waals surface area (Å²) in [6, 6.07) is 13.2. The first-order valence-corrected chi connectivity index (χ1v) is 9.06. The van der Waals surface area contributed by atoms with Gasteiger partial charge in [0.05, 0.1) is 5.56 Å². The molecule has 3 heterocycles. The molecule has 1 aliphatic carbocycles. The molecule has 7 heteroatoms. The molecule has 0 saturated heterocycles. The second kappa shape index (κ2) is 6.45. The van der Waals surface area contributed by atoms with Crippen LogP contribution in [0.2, 0.25) is 0 Å². The number of pyridine rings is 2. The Bertz CT molecular complexity index is 1160. The number of hydrogen-bond donors (Lipinski definition) is 2. The maximum absolute atomic E-state index is 12.3. The minimum absolute atomic E-state index is 0.0574. The Kier molecular flexibility index (Phi) is 3.79. The number of nitrogen functional groups attached to an aromatic ring is 1. The molecule has 138 valence electrons. The smallest absolute Gasteiger partial charge is 0.251 e. The fourth-order valence-electron chi connectivity index (χ4n) is 3.03. The Balaban J connectivity index is 1.52. The van der Waals surface area contributed by atoms with Crippen molar-refractivity contribution >= 4 is 23.0 Å². The van der Waals surface area contributed by atoms with E-state index in [2.05, 4.69) is 20.3 Å². The quantitative estimate of drug-likeness (QED) is 0.569. The number of nitrogens with zero attached hydrogens (tertiary/aromatic N) is 3. The Morgan fingerprint density at radius 1 is 1.11 bits per heavy atom. The van der Waals surface area contributed by atoms with Crippen molar-refractivity contribution in [3.05, 3.63) is 60.4 Å². The van der Waals surface area contributed by atoms with Gasteiger partial charge in [-0.2, -0.15) is 4.98 Å². The molecule has 0 radical (unpaired) electrons. The van der Waals surface area contributed by atoms with Crippen molar-refractivity contribution in [2.45, 2.75) is 18.9 Å². The number of carbonyl (C=O) groups excluding carboxylic acids is 1. The number of aromatic nitrogens is 3. The summed E-state index contributed by atoms with van der Waals surface area (Å²) in [6.07, 6.45) is 5.44. The minimum atomic E-state index is -0.0574. The predicted octanol–water partition coefficient (Wildman–Crippen LogP) is 3.43. The number of nitrogens with two attached hydrogens (primary N) is 1. The van der Waals surface area contributed by atoms with E-state index in [0.717, 1.165) is 24.0 Å². The van der Waals surface area contributed by atoms with E-state index in [-0.39, 0.29) is 5.91 Å². The van der Waals surface area contributed by atoms with E-state index in [1.807, 2.05) is 24.3 Å². The number of benzene rings is 1. The van der Waals surface area contributed by atoms with Crippen molar-refractivity contribution in [2.24, 2.45) is 0 Å². The molecule has 1 fully saturated rings. The molecule has 0 aliphatic heterocycles. The van der Waals surface area contributed by atoms with Crippen LogP contribution in [0.1, 0.15) is 23.2 Å². The molecule has 3 N–H and O–H groups in total. The van der Waals surface area contributed by atoms with Gasteiger partial charge in [0.2, 0.25) is 5.89 Å². The maximum Gasteiger partial charge on any atom is 0.251 e. The van der Waals surface area contributed by atoms with Gasteiger partial charge in [0.1, 0.15) is 5.82 Å². The molecule has 1 amide bonds. The van der Waals surface area contributed by atoms with Gasteiger partial charge in [-0.3, -0.25) is 4.79 Å². The molecule has 1 aliphatic rings. The maximum atomic E-state index is 12.3. The van der Waals surface area contributed by atoms with Crippen LogP contribution in [0.5, 0.6) is 0 Å². The number of anilines is 1. The molecule has 3 aromatic heterocycles. The van der Waals surface area contributed by atoms with E-state index >= 15 is 0 Å². The average molecular weight is 371 g/mol. The molecule has 0 bridgehead atoms. The van der Waals surface area contributed by atoms with Crippen LogP contribution in [0.25, 0.3) is 33.8 Å². The Morgan fingerprint density at radius 2 is 2.00 bits per heavy atom. The summed E-state index contributed by atoms with van der Waals surface area (Å²) in [4.78, 5) is 25.2. The number of oxazole rings is 1. The van der Waals surface area contributed by atoms with Crippen LogP contribution in [-0.4, -0.2) is 26.9 Å². The normalized spacial score (nSPS) is 13.6. The molecule has 0 atom stereocenters. The highest BCUT2D eigenvalue weighted by atomic mass is 16.3. The molecule has 28 heavy (non-hydrogen) atoms. The number of hydrogen-bond acceptors (Lipinski definition) is 6. The second-order valence-corrected chi connectivity index (χ2v) is 6.83. The summed E-state index contributed by atoms with van der Waals surface area (Å²) in [5, 5.41) is 3.00. The lowest BCUT2D eigenvalue weighted by molar-refractivity contribution is 0.0951. The van der Waals surface area contributed by atoms with E-state index < -0.39 is 0 Å². The lowest BCUT2D eigenvalue weighted by Crippen LogP contribution is -2.25. The first-order valence-electron chi connectivity index (χ1n) is 9.06. The zero-order valence-corrected chi connectivity index (χ0v) is 14.9. The zero-order chi connectivity index (χ0) is 19.1. The van der Waals surface area contributed by atoms with Crippen LogP contribution in [0.3, 0.4) is 0 Å². The van der Waals surface area contributed by atoms with Gasteiger partial charge in [0.25, 0.3) is 5.91 Å². The van der Waals surface area contributed by atoms with Gasteiger partial charge in [0, 0.05) is 29.6 Å². The van der Waals surface area contributed by atoms with E-state index in [1.165, 1.54) is 0 Å². The van der Waals surface area contributed by atoms with Gasteiger partial charge in [-0.25, -0.2) is 9.97 Å². The summed E-state index contributed by atoms with van der Waals surface area (Å²) < 4.78 is 5.78. The Labute approximate surface area is 160 Å². The van der Waals surface area contributed by atoms with E-state index in [1.54, 1.807) is 30.6 Å². The monoisotopic (exact) mass is 371 g/mol. The number of carbonyl (C=O) groups is 1. The summed E-state index contributed by atoms with van der Waals surface area (Å²) in [6.45, 7) is 0. The molecular weight excluding hydrogens is 354 g/mol. The number of nitrogens with one attached hydrogen (secondary N) is 1. The average Bonchev–Trinajstić information content (AvgIpc) is 3.43. The summed E-state index contributed by atoms with van der Waals surface area (Å²) in [7, 11) is 0. The number of amides is 1. The van der Waals surface area contributed by atoms with Crippen LogP contribution in [0.4, 0.5) is 5.82 Å². The highest BCUT2D eigenvalue weighted by Crippen LogP contribution is 2.31. The van der Waals surface area contributed by atoms with Gasteiger partial charge >= 0.3 is 0 Å². The molecule has 1 aromatic carbocycles. The topological polar surface area (TPSA) is 107 Å². The first kappa shape index (κ1) is 16.4. The third-order valence-corrected chi connectivity index (χ3v) is 4.68. The summed E-state index contributed by atoms with van der Waals surface area (Å²) in [5.41, 5.74) is 10.1. The van der Waals surface area contributed by atoms with Gasteiger partial charge < -0.3 is 15.5 Å². The molecule has 0 spiro atoms. The van der Waals surface area contributed by atoms with Crippen LogP contribution in [0, 0.1) is 0 Å². The third kappa shape index (κ3) is 3.07. The van der Waals surface area contributed by atoms with E-state index in [9.17, 15) is 4.79 Å². The number of rotatable bonds is 4. The van der Waals surface area contributed by atoms with Crippen molar-refractivity contribution in [2.75, 3.05) is 5.73 Å². The van der Waals surface area contributed by atoms with Crippen LogP contribution < -0.4 is 11.1 Å². The Hall–Kier alpha value is -3.74. The fraction of sp³-hybridized carbons (Fsp3) is 0.143. The number of fused-ring (bicyclic) bond motifs is 1. The van der Waals surface area contributed by atoms with Gasteiger partial charge in [-0.05, 0) is 48.7 Å². The fourth-order valence-corrected chi connectivity index (χ4v) is 3.03. The predicted molar refractivity (Wildman–Crippen MR) is 105 cm³/mol. The van der Waals surface area contributed by atoms with Crippen molar-refractivity contribution in [1.29, 1.82) is 0 Å². The SMILES string of the molecule is Nc1ncc(-c2cccc(C(=O)NC3CC3)c2)cc1-c1nc2ncccc2o1. The first-order chi connectivity index (χ1) is 13.7. The lowest BCUT2D eigenvalue weighted by atomic mass is 10.0. The molecule has 1 saturated carbocycles. The van der Waals surface area contributed by atoms with Gasteiger partial charge in [-0.15, -0.1) is 0 Å². The molecule has 4 aromatic rings. The standard InChI is InChI=1S/C21H17N5O2/c22-18-16(21-26-19-17(28-21)5-2-8-23-19)10-14(11-24-18)12-3-1-4-13(9-12)20(27)25-15-6-7-15/h1-5,8-11,15H,6-7H2,(H2,22,24)(H,25,27). The molecule has 0 unspecified atom stereocenters. The molecule has 5 rings (SSSR count). The van der Waals surface area contributed by atoms with Crippen molar-refractivity contribution in [3.8, 4) is 22.6 Å². The van der Waals surface area contributed by atoms with Crippen LogP contribution in [0.15, 0.2) is 59.3 Å². The zero-order valence-electron chi connectivity index (χ0n) is 14.9. The third-order valence-electron chi connectivity index (χ3n) is 4.68. The highest BCUT2D eigenvalue weighted by molar-refractivity contribution is 5.96. The second-order valence-electron chi connectivity index (χ2n) is 6.83. The molecule has 7 nitrogen and oxygen atoms in total. The highest BCUT2D eigenvalue weighted by Gasteiger charge is 2.24. The van der Waals surface area contributed by atoms with Crippen molar-refractivity contribution in [3.63, 3.8) is 0 Å². The lowest BCUT2D eigenvalue weighted by Gasteiger charge is -2.08. The summed E-state index contributed by atoms with van der Waals surface area (Å²) in [5.74, 6) is 0.624. The largest absolute Gasteiger partial charge is 0.434 e. The van der Waals surface area contributed by atoms with Crippen LogP contribution in [-0.2, 0) is 0 Å². The molecular formula is C21H17N5O2. The van der Waals surface area contributed by atoms with Crippen molar-refractivity contribution in [1.82, 2.24) is 20.3 Å². The van der Waals surface area contributed by atoms with Crippen molar-refractivity contribution < 1.29 is 9.21 Å². The minimum Gasteiger partial charge on any atom is -0.434 e.